The van der Waals surface area contributed by atoms with E-state index in [0.29, 0.717) is 6.54 Å². The van der Waals surface area contributed by atoms with Gasteiger partial charge in [-0.25, -0.2) is 4.98 Å². The van der Waals surface area contributed by atoms with Gasteiger partial charge in [-0.15, -0.1) is 0 Å². The van der Waals surface area contributed by atoms with Gasteiger partial charge >= 0.3 is 0 Å². The number of amides is 1. The Morgan fingerprint density at radius 3 is 3.16 bits per heavy atom. The molecule has 0 saturated carbocycles. The van der Waals surface area contributed by atoms with Crippen LogP contribution in [-0.2, 0) is 4.79 Å². The number of likely N-dealkylation sites (tertiary alicyclic amines) is 1. The quantitative estimate of drug-likeness (QED) is 0.676. The molecule has 1 N–H and O–H groups in total. The number of nitrogens with one attached hydrogen (secondary N) is 1. The summed E-state index contributed by atoms with van der Waals surface area (Å²) in [5.41, 5.74) is 2.84. The van der Waals surface area contributed by atoms with Gasteiger partial charge in [-0.1, -0.05) is 12.2 Å². The van der Waals surface area contributed by atoms with E-state index in [0.717, 1.165) is 41.0 Å². The number of benzene rings is 1. The fourth-order valence-electron chi connectivity index (χ4n) is 2.48. The van der Waals surface area contributed by atoms with Crippen LogP contribution >= 0.6 is 0 Å². The zero-order valence-electron chi connectivity index (χ0n) is 10.7. The summed E-state index contributed by atoms with van der Waals surface area (Å²) < 4.78 is 5.19. The summed E-state index contributed by atoms with van der Waals surface area (Å²) in [4.78, 5) is 20.6. The molecule has 1 fully saturated rings. The fraction of sp³-hybridized carbons (Fsp3) is 0.286. The second kappa shape index (κ2) is 4.42. The SMILES string of the molecule is C=C1CC(c2nc3ccc(OC)cc3[nH]2)N(C=O)C1. The van der Waals surface area contributed by atoms with Gasteiger partial charge in [0.1, 0.15) is 11.6 Å². The lowest BCUT2D eigenvalue weighted by Gasteiger charge is -2.16. The maximum absolute atomic E-state index is 11.1. The molecule has 2 heterocycles. The second-order valence-corrected chi connectivity index (χ2v) is 4.75. The van der Waals surface area contributed by atoms with Gasteiger partial charge in [-0.05, 0) is 18.6 Å². The van der Waals surface area contributed by atoms with E-state index in [1.54, 1.807) is 12.0 Å². The number of hydrogen-bond acceptors (Lipinski definition) is 3. The number of ether oxygens (including phenoxy) is 1. The van der Waals surface area contributed by atoms with Crippen molar-refractivity contribution in [3.05, 3.63) is 36.2 Å². The number of carbonyl (C=O) groups excluding carboxylic acids is 1. The summed E-state index contributed by atoms with van der Waals surface area (Å²) in [7, 11) is 1.63. The Balaban J connectivity index is 2.01. The van der Waals surface area contributed by atoms with E-state index < -0.39 is 0 Å². The van der Waals surface area contributed by atoms with E-state index in [9.17, 15) is 4.79 Å². The highest BCUT2D eigenvalue weighted by Crippen LogP contribution is 2.32. The minimum absolute atomic E-state index is 0.0385. The number of aromatic nitrogens is 2. The van der Waals surface area contributed by atoms with E-state index in [1.807, 2.05) is 18.2 Å². The molecule has 5 heteroatoms. The molecular weight excluding hydrogens is 242 g/mol. The molecule has 5 nitrogen and oxygen atoms in total. The molecule has 1 atom stereocenters. The maximum atomic E-state index is 11.1. The van der Waals surface area contributed by atoms with Crippen molar-refractivity contribution in [2.45, 2.75) is 12.5 Å². The van der Waals surface area contributed by atoms with Gasteiger partial charge < -0.3 is 14.6 Å². The van der Waals surface area contributed by atoms with E-state index in [-0.39, 0.29) is 6.04 Å². The molecule has 0 aliphatic carbocycles. The van der Waals surface area contributed by atoms with E-state index in [4.69, 9.17) is 4.74 Å². The van der Waals surface area contributed by atoms with Crippen LogP contribution in [0.5, 0.6) is 5.75 Å². The fourth-order valence-corrected chi connectivity index (χ4v) is 2.48. The number of aromatic amines is 1. The second-order valence-electron chi connectivity index (χ2n) is 4.75. The van der Waals surface area contributed by atoms with Crippen molar-refractivity contribution in [3.8, 4) is 5.75 Å². The van der Waals surface area contributed by atoms with Crippen molar-refractivity contribution < 1.29 is 9.53 Å². The average Bonchev–Trinajstić information content (AvgIpc) is 3.00. The third-order valence-corrected chi connectivity index (χ3v) is 3.45. The molecule has 1 aliphatic heterocycles. The lowest BCUT2D eigenvalue weighted by atomic mass is 10.2. The highest BCUT2D eigenvalue weighted by Gasteiger charge is 2.29. The van der Waals surface area contributed by atoms with Crippen LogP contribution in [0.3, 0.4) is 0 Å². The highest BCUT2D eigenvalue weighted by molar-refractivity contribution is 5.77. The third-order valence-electron chi connectivity index (χ3n) is 3.45. The first-order chi connectivity index (χ1) is 9.21. The highest BCUT2D eigenvalue weighted by atomic mass is 16.5. The Hall–Kier alpha value is -2.30. The van der Waals surface area contributed by atoms with Crippen LogP contribution in [0.2, 0.25) is 0 Å². The van der Waals surface area contributed by atoms with Crippen LogP contribution in [0.1, 0.15) is 18.3 Å². The van der Waals surface area contributed by atoms with E-state index in [1.165, 1.54) is 0 Å². The van der Waals surface area contributed by atoms with Gasteiger partial charge in [0.25, 0.3) is 0 Å². The summed E-state index contributed by atoms with van der Waals surface area (Å²) in [5, 5.41) is 0. The zero-order valence-corrected chi connectivity index (χ0v) is 10.7. The molecule has 98 valence electrons. The van der Waals surface area contributed by atoms with Gasteiger partial charge in [0.05, 0.1) is 24.2 Å². The van der Waals surface area contributed by atoms with Crippen LogP contribution in [0.15, 0.2) is 30.4 Å². The standard InChI is InChI=1S/C14H15N3O2/c1-9-5-13(17(7-9)8-18)14-15-11-4-3-10(19-2)6-12(11)16-14/h3-4,6,8,13H,1,5,7H2,2H3,(H,15,16). The van der Waals surface area contributed by atoms with Crippen LogP contribution in [0.25, 0.3) is 11.0 Å². The molecule has 1 amide bonds. The molecule has 0 spiro atoms. The Morgan fingerprint density at radius 1 is 1.58 bits per heavy atom. The van der Waals surface area contributed by atoms with E-state index >= 15 is 0 Å². The molecule has 1 saturated heterocycles. The summed E-state index contributed by atoms with van der Waals surface area (Å²) in [6.07, 6.45) is 1.62. The molecule has 1 aliphatic rings. The monoisotopic (exact) mass is 257 g/mol. The predicted molar refractivity (Wildman–Crippen MR) is 71.9 cm³/mol. The first kappa shape index (κ1) is 11.8. The molecule has 1 aromatic heterocycles. The Kier molecular flexibility index (Phi) is 2.74. The summed E-state index contributed by atoms with van der Waals surface area (Å²) in [6, 6.07) is 5.64. The smallest absolute Gasteiger partial charge is 0.210 e. The first-order valence-electron chi connectivity index (χ1n) is 6.12. The van der Waals surface area contributed by atoms with Crippen LogP contribution < -0.4 is 4.74 Å². The van der Waals surface area contributed by atoms with Crippen LogP contribution in [0.4, 0.5) is 0 Å². The topological polar surface area (TPSA) is 58.2 Å². The Bertz CT molecular complexity index is 647. The number of carbonyl (C=O) groups is 1. The first-order valence-corrected chi connectivity index (χ1v) is 6.12. The number of nitrogens with zero attached hydrogens (tertiary/aromatic N) is 2. The third kappa shape index (κ3) is 1.97. The van der Waals surface area contributed by atoms with Crippen molar-refractivity contribution in [3.63, 3.8) is 0 Å². The molecular formula is C14H15N3O2. The minimum atomic E-state index is -0.0385. The molecule has 2 aromatic rings. The Morgan fingerprint density at radius 2 is 2.42 bits per heavy atom. The number of fused-ring (bicyclic) bond motifs is 1. The molecule has 0 radical (unpaired) electrons. The minimum Gasteiger partial charge on any atom is -0.497 e. The van der Waals surface area contributed by atoms with Crippen molar-refractivity contribution >= 4 is 17.4 Å². The lowest BCUT2D eigenvalue weighted by Crippen LogP contribution is -2.22. The lowest BCUT2D eigenvalue weighted by molar-refractivity contribution is -0.118. The molecule has 1 unspecified atom stereocenters. The van der Waals surface area contributed by atoms with Crippen LogP contribution in [0, 0.1) is 0 Å². The van der Waals surface area contributed by atoms with Gasteiger partial charge in [-0.3, -0.25) is 4.79 Å². The normalized spacial score (nSPS) is 19.1. The summed E-state index contributed by atoms with van der Waals surface area (Å²) in [5.74, 6) is 1.58. The van der Waals surface area contributed by atoms with Crippen molar-refractivity contribution in [2.75, 3.05) is 13.7 Å². The maximum Gasteiger partial charge on any atom is 0.210 e. The summed E-state index contributed by atoms with van der Waals surface area (Å²) in [6.45, 7) is 4.55. The largest absolute Gasteiger partial charge is 0.497 e. The number of hydrogen-bond donors (Lipinski definition) is 1. The predicted octanol–water partition coefficient (Wildman–Crippen LogP) is 2.03. The van der Waals surface area contributed by atoms with Crippen molar-refractivity contribution in [2.24, 2.45) is 0 Å². The van der Waals surface area contributed by atoms with Gasteiger partial charge in [0, 0.05) is 12.6 Å². The number of H-pyrrole nitrogens is 1. The number of methoxy groups -OCH3 is 1. The van der Waals surface area contributed by atoms with Gasteiger partial charge in [0.15, 0.2) is 0 Å². The van der Waals surface area contributed by atoms with Crippen molar-refractivity contribution in [1.82, 2.24) is 14.9 Å². The van der Waals surface area contributed by atoms with Crippen LogP contribution in [-0.4, -0.2) is 34.9 Å². The molecule has 3 rings (SSSR count). The summed E-state index contributed by atoms with van der Waals surface area (Å²) >= 11 is 0. The molecule has 1 aromatic carbocycles. The average molecular weight is 257 g/mol. The number of rotatable bonds is 3. The Labute approximate surface area is 110 Å². The van der Waals surface area contributed by atoms with Gasteiger partial charge in [-0.2, -0.15) is 0 Å². The zero-order chi connectivity index (χ0) is 13.4. The number of imidazole rings is 1. The molecule has 0 bridgehead atoms. The van der Waals surface area contributed by atoms with E-state index in [2.05, 4.69) is 16.5 Å². The van der Waals surface area contributed by atoms with Crippen molar-refractivity contribution in [1.29, 1.82) is 0 Å². The molecule has 19 heavy (non-hydrogen) atoms. The van der Waals surface area contributed by atoms with Gasteiger partial charge in [0.2, 0.25) is 6.41 Å².